The maximum absolute atomic E-state index is 2.30. The number of rotatable bonds is 0. The molecule has 0 saturated heterocycles. The third kappa shape index (κ3) is 0.829. The van der Waals surface area contributed by atoms with E-state index in [1.165, 1.54) is 6.42 Å². The Labute approximate surface area is 89.6 Å². The highest BCUT2D eigenvalue weighted by Crippen LogP contribution is 2.56. The van der Waals surface area contributed by atoms with Crippen LogP contribution in [0.4, 0.5) is 0 Å². The van der Waals surface area contributed by atoms with E-state index in [-0.39, 0.29) is 0 Å². The molecule has 0 heteroatoms. The zero-order valence-electron chi connectivity index (χ0n) is 8.53. The van der Waals surface area contributed by atoms with Gasteiger partial charge in [-0.05, 0) is 35.1 Å². The van der Waals surface area contributed by atoms with E-state index < -0.39 is 0 Å². The molecule has 0 saturated carbocycles. The van der Waals surface area contributed by atoms with E-state index in [4.69, 9.17) is 0 Å². The molecule has 0 nitrogen and oxygen atoms in total. The molecule has 0 N–H and O–H groups in total. The largest absolute Gasteiger partial charge is 0.0801 e. The molecule has 1 aromatic carbocycles. The molecule has 0 bridgehead atoms. The van der Waals surface area contributed by atoms with Crippen LogP contribution in [-0.2, 0) is 6.42 Å². The van der Waals surface area contributed by atoms with Crippen LogP contribution in [0.5, 0.6) is 0 Å². The summed E-state index contributed by atoms with van der Waals surface area (Å²) in [6.07, 6.45) is 9.13. The van der Waals surface area contributed by atoms with Crippen molar-refractivity contribution in [3.8, 4) is 0 Å². The fraction of sp³-hybridized carbons (Fsp3) is 0.200. The van der Waals surface area contributed by atoms with Gasteiger partial charge in [0.15, 0.2) is 0 Å². The first kappa shape index (κ1) is 7.70. The molecule has 4 rings (SSSR count). The molecule has 0 aliphatic heterocycles. The van der Waals surface area contributed by atoms with E-state index in [9.17, 15) is 0 Å². The minimum absolute atomic E-state index is 0.654. The van der Waals surface area contributed by atoms with Crippen LogP contribution < -0.4 is 0 Å². The van der Waals surface area contributed by atoms with Crippen molar-refractivity contribution in [2.45, 2.75) is 18.8 Å². The Balaban J connectivity index is 1.94. The van der Waals surface area contributed by atoms with E-state index in [1.807, 2.05) is 0 Å². The molecule has 0 spiro atoms. The summed E-state index contributed by atoms with van der Waals surface area (Å²) in [5.74, 6) is 0.654. The lowest BCUT2D eigenvalue weighted by Crippen LogP contribution is -2.18. The van der Waals surface area contributed by atoms with E-state index in [1.54, 1.807) is 27.8 Å². The highest BCUT2D eigenvalue weighted by Gasteiger charge is 2.40. The van der Waals surface area contributed by atoms with Crippen LogP contribution in [0.3, 0.4) is 0 Å². The summed E-state index contributed by atoms with van der Waals surface area (Å²) in [5, 5.41) is 0. The fourth-order valence-electron chi connectivity index (χ4n) is 3.19. The van der Waals surface area contributed by atoms with Crippen molar-refractivity contribution in [1.82, 2.24) is 0 Å². The van der Waals surface area contributed by atoms with Gasteiger partial charge in [0.1, 0.15) is 0 Å². The lowest BCUT2D eigenvalue weighted by Gasteiger charge is -2.34. The molecule has 1 atom stereocenters. The molecule has 0 aromatic heterocycles. The molecule has 72 valence electrons. The van der Waals surface area contributed by atoms with E-state index in [0.717, 1.165) is 6.42 Å². The Morgan fingerprint density at radius 2 is 2.07 bits per heavy atom. The van der Waals surface area contributed by atoms with Crippen LogP contribution in [0, 0.1) is 0 Å². The molecule has 3 aliphatic rings. The Bertz CT molecular complexity index is 541. The summed E-state index contributed by atoms with van der Waals surface area (Å²) in [4.78, 5) is 0. The van der Waals surface area contributed by atoms with Crippen molar-refractivity contribution in [3.63, 3.8) is 0 Å². The normalized spacial score (nSPS) is 25.3. The van der Waals surface area contributed by atoms with E-state index >= 15 is 0 Å². The number of hydrogen-bond donors (Lipinski definition) is 0. The minimum atomic E-state index is 0.654. The monoisotopic (exact) mass is 192 g/mol. The van der Waals surface area contributed by atoms with Crippen LogP contribution in [0.2, 0.25) is 0 Å². The van der Waals surface area contributed by atoms with E-state index in [0.29, 0.717) is 5.92 Å². The number of benzene rings is 1. The van der Waals surface area contributed by atoms with Gasteiger partial charge in [-0.2, -0.15) is 0 Å². The molecule has 1 aromatic rings. The predicted octanol–water partition coefficient (Wildman–Crippen LogP) is 3.52. The van der Waals surface area contributed by atoms with Crippen molar-refractivity contribution < 1.29 is 0 Å². The maximum Gasteiger partial charge on any atom is 0.0313 e. The maximum atomic E-state index is 2.30. The van der Waals surface area contributed by atoms with Crippen LogP contribution in [0.1, 0.15) is 23.5 Å². The summed E-state index contributed by atoms with van der Waals surface area (Å²) in [7, 11) is 0. The van der Waals surface area contributed by atoms with Gasteiger partial charge in [-0.1, -0.05) is 48.1 Å². The second-order valence-corrected chi connectivity index (χ2v) is 4.57. The molecule has 0 heterocycles. The van der Waals surface area contributed by atoms with Gasteiger partial charge < -0.3 is 0 Å². The van der Waals surface area contributed by atoms with Crippen molar-refractivity contribution in [2.75, 3.05) is 0 Å². The SMILES string of the molecule is C1=CCC2=C3Cc4ccccc4C3C2=C1. The zero-order chi connectivity index (χ0) is 9.83. The quantitative estimate of drug-likeness (QED) is 0.590. The van der Waals surface area contributed by atoms with Crippen LogP contribution in [0.15, 0.2) is 59.2 Å². The fourth-order valence-corrected chi connectivity index (χ4v) is 3.19. The van der Waals surface area contributed by atoms with Crippen molar-refractivity contribution in [3.05, 3.63) is 70.3 Å². The highest BCUT2D eigenvalue weighted by atomic mass is 14.4. The van der Waals surface area contributed by atoms with Gasteiger partial charge in [0, 0.05) is 5.92 Å². The van der Waals surface area contributed by atoms with Gasteiger partial charge in [0.25, 0.3) is 0 Å². The van der Waals surface area contributed by atoms with Crippen molar-refractivity contribution in [1.29, 1.82) is 0 Å². The number of allylic oxidation sites excluding steroid dienone is 6. The average Bonchev–Trinajstić information content (AvgIpc) is 2.60. The van der Waals surface area contributed by atoms with Crippen LogP contribution in [0.25, 0.3) is 0 Å². The third-order valence-corrected chi connectivity index (χ3v) is 3.88. The topological polar surface area (TPSA) is 0 Å². The first-order valence-electron chi connectivity index (χ1n) is 5.62. The third-order valence-electron chi connectivity index (χ3n) is 3.88. The van der Waals surface area contributed by atoms with Gasteiger partial charge in [-0.25, -0.2) is 0 Å². The average molecular weight is 192 g/mol. The Morgan fingerprint density at radius 1 is 1.13 bits per heavy atom. The second-order valence-electron chi connectivity index (χ2n) is 4.57. The molecule has 0 fully saturated rings. The minimum Gasteiger partial charge on any atom is -0.0801 e. The molecule has 15 heavy (non-hydrogen) atoms. The van der Waals surface area contributed by atoms with Crippen molar-refractivity contribution in [2.24, 2.45) is 0 Å². The van der Waals surface area contributed by atoms with Gasteiger partial charge >= 0.3 is 0 Å². The molecular formula is C15H12. The molecule has 0 amide bonds. The second kappa shape index (κ2) is 2.52. The van der Waals surface area contributed by atoms with Crippen LogP contribution in [-0.4, -0.2) is 0 Å². The standard InChI is InChI=1S/C15H12/c1-2-6-11-10(5-1)9-14-12-7-3-4-8-13(12)15(11)14/h1-6,8,15H,7,9H2. The first-order valence-corrected chi connectivity index (χ1v) is 5.62. The summed E-state index contributed by atoms with van der Waals surface area (Å²) in [5.41, 5.74) is 7.99. The van der Waals surface area contributed by atoms with E-state index in [2.05, 4.69) is 42.5 Å². The molecule has 3 aliphatic carbocycles. The van der Waals surface area contributed by atoms with Gasteiger partial charge in [0.05, 0.1) is 0 Å². The van der Waals surface area contributed by atoms with Crippen LogP contribution >= 0.6 is 0 Å². The predicted molar refractivity (Wildman–Crippen MR) is 61.8 cm³/mol. The number of fused-ring (bicyclic) bond motifs is 5. The number of hydrogen-bond acceptors (Lipinski definition) is 0. The zero-order valence-corrected chi connectivity index (χ0v) is 8.53. The Kier molecular flexibility index (Phi) is 1.29. The van der Waals surface area contributed by atoms with Gasteiger partial charge in [-0.3, -0.25) is 0 Å². The van der Waals surface area contributed by atoms with Gasteiger partial charge in [-0.15, -0.1) is 0 Å². The molecule has 1 unspecified atom stereocenters. The van der Waals surface area contributed by atoms with Crippen molar-refractivity contribution >= 4 is 0 Å². The molecule has 0 radical (unpaired) electrons. The Morgan fingerprint density at radius 3 is 3.07 bits per heavy atom. The lowest BCUT2D eigenvalue weighted by atomic mass is 9.70. The Hall–Kier alpha value is -1.56. The van der Waals surface area contributed by atoms with Gasteiger partial charge in [0.2, 0.25) is 0 Å². The lowest BCUT2D eigenvalue weighted by molar-refractivity contribution is 0.823. The molecular weight excluding hydrogens is 180 g/mol. The highest BCUT2D eigenvalue weighted by molar-refractivity contribution is 5.68. The summed E-state index contributed by atoms with van der Waals surface area (Å²) < 4.78 is 0. The summed E-state index contributed by atoms with van der Waals surface area (Å²) in [6, 6.07) is 8.90. The summed E-state index contributed by atoms with van der Waals surface area (Å²) >= 11 is 0. The smallest absolute Gasteiger partial charge is 0.0313 e. The summed E-state index contributed by atoms with van der Waals surface area (Å²) in [6.45, 7) is 0. The first-order chi connectivity index (χ1) is 7.45.